The number of nitrogens with zero attached hydrogens (tertiary/aromatic N) is 3. The number of aryl methyl sites for hydroxylation is 1. The van der Waals surface area contributed by atoms with Crippen molar-refractivity contribution in [1.29, 1.82) is 0 Å². The third kappa shape index (κ3) is 3.42. The van der Waals surface area contributed by atoms with E-state index in [1.165, 1.54) is 5.69 Å². The number of anilines is 1. The second-order valence-electron chi connectivity index (χ2n) is 7.74. The molecule has 0 atom stereocenters. The van der Waals surface area contributed by atoms with Crippen molar-refractivity contribution in [1.82, 2.24) is 9.88 Å². The van der Waals surface area contributed by atoms with Gasteiger partial charge in [-0.25, -0.2) is 0 Å². The van der Waals surface area contributed by atoms with Gasteiger partial charge in [-0.2, -0.15) is 0 Å². The molecule has 0 saturated carbocycles. The molecule has 1 aliphatic heterocycles. The molecule has 1 amide bonds. The monoisotopic (exact) mass is 303 g/mol. The summed E-state index contributed by atoms with van der Waals surface area (Å²) in [6.45, 7) is 12.2. The van der Waals surface area contributed by atoms with Gasteiger partial charge in [0.05, 0.1) is 0 Å². The van der Waals surface area contributed by atoms with Crippen molar-refractivity contribution in [3.05, 3.63) is 24.0 Å². The Bertz CT molecular complexity index is 540. The molecule has 0 spiro atoms. The Balaban J connectivity index is 2.06. The van der Waals surface area contributed by atoms with E-state index < -0.39 is 0 Å². The molecule has 0 N–H and O–H groups in total. The molecule has 0 aliphatic carbocycles. The first kappa shape index (κ1) is 16.8. The maximum atomic E-state index is 12.9. The van der Waals surface area contributed by atoms with E-state index in [0.29, 0.717) is 0 Å². The van der Waals surface area contributed by atoms with E-state index in [1.807, 2.05) is 25.1 Å². The number of aromatic nitrogens is 1. The Morgan fingerprint density at radius 1 is 1.32 bits per heavy atom. The van der Waals surface area contributed by atoms with Crippen molar-refractivity contribution in [2.24, 2.45) is 5.41 Å². The fourth-order valence-corrected chi connectivity index (χ4v) is 2.91. The number of hydrogen-bond acceptors (Lipinski definition) is 3. The summed E-state index contributed by atoms with van der Waals surface area (Å²) in [4.78, 5) is 21.4. The zero-order valence-electron chi connectivity index (χ0n) is 14.8. The molecular formula is C18H29N3O. The number of hydrogen-bond donors (Lipinski definition) is 0. The fourth-order valence-electron chi connectivity index (χ4n) is 2.91. The molecule has 2 heterocycles. The quantitative estimate of drug-likeness (QED) is 0.841. The van der Waals surface area contributed by atoms with Crippen molar-refractivity contribution in [2.45, 2.75) is 53.0 Å². The first-order chi connectivity index (χ1) is 10.1. The lowest BCUT2D eigenvalue weighted by atomic mass is 9.78. The maximum Gasteiger partial charge on any atom is 0.228 e. The van der Waals surface area contributed by atoms with Crippen LogP contribution >= 0.6 is 0 Å². The van der Waals surface area contributed by atoms with Gasteiger partial charge in [-0.15, -0.1) is 0 Å². The van der Waals surface area contributed by atoms with Crippen LogP contribution in [0, 0.1) is 12.3 Å². The Morgan fingerprint density at radius 3 is 2.41 bits per heavy atom. The molecule has 4 nitrogen and oxygen atoms in total. The first-order valence-electron chi connectivity index (χ1n) is 8.09. The molecule has 22 heavy (non-hydrogen) atoms. The molecule has 0 unspecified atom stereocenters. The van der Waals surface area contributed by atoms with Crippen molar-refractivity contribution in [3.8, 4) is 0 Å². The van der Waals surface area contributed by atoms with E-state index in [9.17, 15) is 4.79 Å². The summed E-state index contributed by atoms with van der Waals surface area (Å²) < 4.78 is 0. The number of pyridine rings is 1. The van der Waals surface area contributed by atoms with E-state index in [1.54, 1.807) is 0 Å². The predicted octanol–water partition coefficient (Wildman–Crippen LogP) is 3.25. The molecule has 1 aromatic rings. The molecule has 2 rings (SSSR count). The van der Waals surface area contributed by atoms with Gasteiger partial charge in [0.15, 0.2) is 0 Å². The van der Waals surface area contributed by atoms with Crippen molar-refractivity contribution in [3.63, 3.8) is 0 Å². The third-order valence-electron chi connectivity index (χ3n) is 4.94. The van der Waals surface area contributed by atoms with Gasteiger partial charge >= 0.3 is 0 Å². The van der Waals surface area contributed by atoms with Gasteiger partial charge < -0.3 is 9.80 Å². The Hall–Kier alpha value is -1.58. The molecule has 0 radical (unpaired) electrons. The van der Waals surface area contributed by atoms with Crippen LogP contribution in [0.15, 0.2) is 18.3 Å². The maximum absolute atomic E-state index is 12.9. The van der Waals surface area contributed by atoms with Crippen LogP contribution in [0.3, 0.4) is 0 Å². The minimum atomic E-state index is -0.249. The van der Waals surface area contributed by atoms with Crippen LogP contribution in [0.2, 0.25) is 0 Å². The van der Waals surface area contributed by atoms with Gasteiger partial charge in [-0.1, -0.05) is 6.92 Å². The Labute approximate surface area is 134 Å². The van der Waals surface area contributed by atoms with Gasteiger partial charge in [0.2, 0.25) is 5.91 Å². The third-order valence-corrected chi connectivity index (χ3v) is 4.94. The lowest BCUT2D eigenvalue weighted by molar-refractivity contribution is -0.145. The second kappa shape index (κ2) is 5.90. The molecule has 1 aromatic heterocycles. The number of carbonyl (C=O) groups is 1. The summed E-state index contributed by atoms with van der Waals surface area (Å²) in [7, 11) is 1.92. The molecule has 122 valence electrons. The topological polar surface area (TPSA) is 36.4 Å². The molecule has 1 fully saturated rings. The highest BCUT2D eigenvalue weighted by Gasteiger charge is 2.41. The minimum absolute atomic E-state index is 0.126. The van der Waals surface area contributed by atoms with E-state index in [0.717, 1.165) is 31.6 Å². The Morgan fingerprint density at radius 2 is 1.91 bits per heavy atom. The smallest absolute Gasteiger partial charge is 0.228 e. The van der Waals surface area contributed by atoms with Gasteiger partial charge in [-0.3, -0.25) is 9.78 Å². The molecule has 1 aliphatic rings. The van der Waals surface area contributed by atoms with E-state index >= 15 is 0 Å². The van der Waals surface area contributed by atoms with Crippen LogP contribution in [0.4, 0.5) is 5.69 Å². The van der Waals surface area contributed by atoms with Crippen LogP contribution in [0.1, 0.15) is 46.2 Å². The zero-order valence-corrected chi connectivity index (χ0v) is 14.8. The SMILES string of the molecule is Cc1cc(N2CCC(C)(C(=O)N(C)C(C)(C)C)CC2)ccn1. The molecule has 4 heteroatoms. The fraction of sp³-hybridized carbons (Fsp3) is 0.667. The van der Waals surface area contributed by atoms with Crippen molar-refractivity contribution >= 4 is 11.6 Å². The molecule has 0 aromatic carbocycles. The highest BCUT2D eigenvalue weighted by atomic mass is 16.2. The van der Waals surface area contributed by atoms with Crippen LogP contribution in [-0.2, 0) is 4.79 Å². The van der Waals surface area contributed by atoms with Crippen LogP contribution in [0.5, 0.6) is 0 Å². The van der Waals surface area contributed by atoms with Crippen molar-refractivity contribution in [2.75, 3.05) is 25.0 Å². The van der Waals surface area contributed by atoms with Gasteiger partial charge in [0.25, 0.3) is 0 Å². The van der Waals surface area contributed by atoms with Crippen molar-refractivity contribution < 1.29 is 4.79 Å². The lowest BCUT2D eigenvalue weighted by Gasteiger charge is -2.44. The summed E-state index contributed by atoms with van der Waals surface area (Å²) in [5.41, 5.74) is 1.88. The highest BCUT2D eigenvalue weighted by molar-refractivity contribution is 5.83. The summed E-state index contributed by atoms with van der Waals surface area (Å²) in [6, 6.07) is 4.17. The van der Waals surface area contributed by atoms with Gasteiger partial charge in [0, 0.05) is 48.7 Å². The van der Waals surface area contributed by atoms with Crippen LogP contribution in [0.25, 0.3) is 0 Å². The second-order valence-corrected chi connectivity index (χ2v) is 7.74. The average molecular weight is 303 g/mol. The summed E-state index contributed by atoms with van der Waals surface area (Å²) >= 11 is 0. The van der Waals surface area contributed by atoms with E-state index in [-0.39, 0.29) is 16.9 Å². The number of carbonyl (C=O) groups excluding carboxylic acids is 1. The van der Waals surface area contributed by atoms with E-state index in [2.05, 4.69) is 49.7 Å². The summed E-state index contributed by atoms with van der Waals surface area (Å²) in [6.07, 6.45) is 3.65. The molecule has 1 saturated heterocycles. The average Bonchev–Trinajstić information content (AvgIpc) is 2.45. The van der Waals surface area contributed by atoms with Gasteiger partial charge in [-0.05, 0) is 52.7 Å². The highest BCUT2D eigenvalue weighted by Crippen LogP contribution is 2.36. The largest absolute Gasteiger partial charge is 0.371 e. The summed E-state index contributed by atoms with van der Waals surface area (Å²) in [5, 5.41) is 0. The van der Waals surface area contributed by atoms with Gasteiger partial charge in [0.1, 0.15) is 0 Å². The zero-order chi connectivity index (χ0) is 16.5. The number of rotatable bonds is 2. The predicted molar refractivity (Wildman–Crippen MR) is 91.1 cm³/mol. The molecule has 0 bridgehead atoms. The minimum Gasteiger partial charge on any atom is -0.371 e. The van der Waals surface area contributed by atoms with Crippen LogP contribution in [-0.4, -0.2) is 41.5 Å². The normalized spacial score (nSPS) is 18.2. The Kier molecular flexibility index (Phi) is 4.50. The standard InChI is InChI=1S/C18H29N3O/c1-14-13-15(7-10-19-14)21-11-8-18(5,9-12-21)16(22)20(6)17(2,3)4/h7,10,13H,8-9,11-12H2,1-6H3. The number of amides is 1. The molecular weight excluding hydrogens is 274 g/mol. The summed E-state index contributed by atoms with van der Waals surface area (Å²) in [5.74, 6) is 0.269. The number of piperidine rings is 1. The lowest BCUT2D eigenvalue weighted by Crippen LogP contribution is -2.52. The van der Waals surface area contributed by atoms with E-state index in [4.69, 9.17) is 0 Å². The first-order valence-corrected chi connectivity index (χ1v) is 8.09. The van der Waals surface area contributed by atoms with Crippen LogP contribution < -0.4 is 4.90 Å².